The summed E-state index contributed by atoms with van der Waals surface area (Å²) in [5.74, 6) is 1.67. The molecular weight excluding hydrogens is 228 g/mol. The molecule has 0 spiro atoms. The van der Waals surface area contributed by atoms with Crippen LogP contribution in [0, 0.1) is 18.3 Å². The van der Waals surface area contributed by atoms with Crippen LogP contribution in [0.25, 0.3) is 0 Å². The molecule has 0 aliphatic carbocycles. The van der Waals surface area contributed by atoms with E-state index < -0.39 is 0 Å². The maximum atomic E-state index is 8.56. The fourth-order valence-corrected chi connectivity index (χ4v) is 1.85. The van der Waals surface area contributed by atoms with Crippen LogP contribution in [0.1, 0.15) is 18.4 Å². The van der Waals surface area contributed by atoms with Crippen LogP contribution in [-0.4, -0.2) is 27.8 Å². The van der Waals surface area contributed by atoms with Crippen LogP contribution in [0.4, 0.5) is 5.69 Å². The van der Waals surface area contributed by atoms with Crippen molar-refractivity contribution in [1.82, 2.24) is 0 Å². The zero-order chi connectivity index (χ0) is 13.5. The van der Waals surface area contributed by atoms with Gasteiger partial charge in [0.2, 0.25) is 0 Å². The second kappa shape index (κ2) is 6.75. The minimum absolute atomic E-state index is 0.565. The molecule has 0 radical (unpaired) electrons. The molecule has 98 valence electrons. The van der Waals surface area contributed by atoms with E-state index in [1.54, 1.807) is 14.2 Å². The summed E-state index contributed by atoms with van der Waals surface area (Å²) in [5.41, 5.74) is 2.03. The predicted molar refractivity (Wildman–Crippen MR) is 72.4 cm³/mol. The van der Waals surface area contributed by atoms with Gasteiger partial charge in [0.25, 0.3) is 0 Å². The van der Waals surface area contributed by atoms with Crippen molar-refractivity contribution < 1.29 is 9.47 Å². The zero-order valence-electron chi connectivity index (χ0n) is 11.5. The van der Waals surface area contributed by atoms with E-state index in [4.69, 9.17) is 14.7 Å². The van der Waals surface area contributed by atoms with Crippen LogP contribution in [0.3, 0.4) is 0 Å². The molecule has 4 nitrogen and oxygen atoms in total. The van der Waals surface area contributed by atoms with E-state index in [1.807, 2.05) is 26.1 Å². The van der Waals surface area contributed by atoms with Crippen molar-refractivity contribution >= 4 is 5.69 Å². The third kappa shape index (κ3) is 3.30. The summed E-state index contributed by atoms with van der Waals surface area (Å²) in [7, 11) is 5.31. The Labute approximate surface area is 109 Å². The first-order chi connectivity index (χ1) is 8.63. The smallest absolute Gasteiger partial charge is 0.142 e. The van der Waals surface area contributed by atoms with Gasteiger partial charge >= 0.3 is 0 Å². The molecule has 0 bridgehead atoms. The van der Waals surface area contributed by atoms with E-state index in [1.165, 1.54) is 0 Å². The molecule has 0 aromatic heterocycles. The topological polar surface area (TPSA) is 45.5 Å². The molecule has 0 aliphatic rings. The van der Waals surface area contributed by atoms with E-state index in [9.17, 15) is 0 Å². The van der Waals surface area contributed by atoms with Crippen LogP contribution in [0.15, 0.2) is 12.1 Å². The second-order valence-electron chi connectivity index (χ2n) is 4.18. The van der Waals surface area contributed by atoms with Crippen molar-refractivity contribution in [3.05, 3.63) is 17.7 Å². The second-order valence-corrected chi connectivity index (χ2v) is 4.18. The lowest BCUT2D eigenvalue weighted by molar-refractivity contribution is 0.400. The Kier molecular flexibility index (Phi) is 5.31. The van der Waals surface area contributed by atoms with E-state index in [2.05, 4.69) is 11.0 Å². The standard InChI is InChI=1S/C14H20N2O2/c1-11-9-14(18-4)12(10-13(11)17-3)16(2)8-6-5-7-15/h9-10H,5-6,8H2,1-4H3. The van der Waals surface area contributed by atoms with Crippen molar-refractivity contribution in [3.8, 4) is 17.6 Å². The molecule has 0 unspecified atom stereocenters. The summed E-state index contributed by atoms with van der Waals surface area (Å²) in [6.07, 6.45) is 1.40. The highest BCUT2D eigenvalue weighted by molar-refractivity contribution is 5.63. The molecule has 0 saturated carbocycles. The van der Waals surface area contributed by atoms with Gasteiger partial charge in [-0.1, -0.05) is 0 Å². The van der Waals surface area contributed by atoms with E-state index in [0.717, 1.165) is 35.7 Å². The molecule has 1 rings (SSSR count). The number of rotatable bonds is 6. The molecule has 0 atom stereocenters. The largest absolute Gasteiger partial charge is 0.496 e. The van der Waals surface area contributed by atoms with Gasteiger partial charge in [0.05, 0.1) is 26.0 Å². The SMILES string of the molecule is COc1cc(N(C)CCCC#N)c(OC)cc1C. The van der Waals surface area contributed by atoms with Gasteiger partial charge in [-0.15, -0.1) is 0 Å². The highest BCUT2D eigenvalue weighted by Crippen LogP contribution is 2.34. The minimum Gasteiger partial charge on any atom is -0.496 e. The molecule has 0 heterocycles. The van der Waals surface area contributed by atoms with Gasteiger partial charge in [-0.3, -0.25) is 0 Å². The average molecular weight is 248 g/mol. The summed E-state index contributed by atoms with van der Waals surface area (Å²) < 4.78 is 10.7. The molecular formula is C14H20N2O2. The first-order valence-corrected chi connectivity index (χ1v) is 5.94. The molecule has 0 amide bonds. The number of nitrogens with zero attached hydrogens (tertiary/aromatic N) is 2. The lowest BCUT2D eigenvalue weighted by Crippen LogP contribution is -2.19. The van der Waals surface area contributed by atoms with Gasteiger partial charge in [-0.2, -0.15) is 5.26 Å². The molecule has 0 fully saturated rings. The lowest BCUT2D eigenvalue weighted by atomic mass is 10.1. The Morgan fingerprint density at radius 2 is 1.89 bits per heavy atom. The van der Waals surface area contributed by atoms with E-state index in [-0.39, 0.29) is 0 Å². The quantitative estimate of drug-likeness (QED) is 0.726. The third-order valence-corrected chi connectivity index (χ3v) is 2.89. The van der Waals surface area contributed by atoms with Gasteiger partial charge in [-0.05, 0) is 25.0 Å². The summed E-state index contributed by atoms with van der Waals surface area (Å²) in [5, 5.41) is 8.56. The highest BCUT2D eigenvalue weighted by Gasteiger charge is 2.12. The number of unbranched alkanes of at least 4 members (excludes halogenated alkanes) is 1. The average Bonchev–Trinajstić information content (AvgIpc) is 2.38. The van der Waals surface area contributed by atoms with Gasteiger partial charge < -0.3 is 14.4 Å². The van der Waals surface area contributed by atoms with Crippen LogP contribution in [-0.2, 0) is 0 Å². The number of anilines is 1. The summed E-state index contributed by atoms with van der Waals surface area (Å²) in [6.45, 7) is 2.80. The fraction of sp³-hybridized carbons (Fsp3) is 0.500. The van der Waals surface area contributed by atoms with Gasteiger partial charge in [-0.25, -0.2) is 0 Å². The number of hydrogen-bond acceptors (Lipinski definition) is 4. The van der Waals surface area contributed by atoms with Gasteiger partial charge in [0.1, 0.15) is 11.5 Å². The number of nitriles is 1. The number of aryl methyl sites for hydroxylation is 1. The summed E-state index contributed by atoms with van der Waals surface area (Å²) in [4.78, 5) is 2.08. The predicted octanol–water partition coefficient (Wildman–Crippen LogP) is 2.75. The lowest BCUT2D eigenvalue weighted by Gasteiger charge is -2.22. The van der Waals surface area contributed by atoms with E-state index >= 15 is 0 Å². The first kappa shape index (κ1) is 14.2. The Hall–Kier alpha value is -1.89. The first-order valence-electron chi connectivity index (χ1n) is 5.94. The molecule has 0 aliphatic heterocycles. The Bertz CT molecular complexity index is 438. The van der Waals surface area contributed by atoms with Gasteiger partial charge in [0, 0.05) is 26.1 Å². The Morgan fingerprint density at radius 3 is 2.44 bits per heavy atom. The monoisotopic (exact) mass is 248 g/mol. The summed E-state index contributed by atoms with van der Waals surface area (Å²) in [6, 6.07) is 6.09. The number of methoxy groups -OCH3 is 2. The minimum atomic E-state index is 0.565. The van der Waals surface area contributed by atoms with Crippen LogP contribution in [0.5, 0.6) is 11.5 Å². The van der Waals surface area contributed by atoms with Gasteiger partial charge in [0.15, 0.2) is 0 Å². The molecule has 0 saturated heterocycles. The molecule has 18 heavy (non-hydrogen) atoms. The van der Waals surface area contributed by atoms with Crippen molar-refractivity contribution in [3.63, 3.8) is 0 Å². The van der Waals surface area contributed by atoms with Crippen molar-refractivity contribution in [2.45, 2.75) is 19.8 Å². The third-order valence-electron chi connectivity index (χ3n) is 2.89. The normalized spacial score (nSPS) is 9.72. The Morgan fingerprint density at radius 1 is 1.22 bits per heavy atom. The molecule has 1 aromatic carbocycles. The maximum absolute atomic E-state index is 8.56. The zero-order valence-corrected chi connectivity index (χ0v) is 11.5. The van der Waals surface area contributed by atoms with Crippen molar-refractivity contribution in [2.24, 2.45) is 0 Å². The van der Waals surface area contributed by atoms with Crippen molar-refractivity contribution in [1.29, 1.82) is 5.26 Å². The van der Waals surface area contributed by atoms with Crippen LogP contribution >= 0.6 is 0 Å². The van der Waals surface area contributed by atoms with Crippen LogP contribution < -0.4 is 14.4 Å². The molecule has 4 heteroatoms. The Balaban J connectivity index is 2.95. The molecule has 1 aromatic rings. The van der Waals surface area contributed by atoms with E-state index in [0.29, 0.717) is 6.42 Å². The van der Waals surface area contributed by atoms with Crippen molar-refractivity contribution in [2.75, 3.05) is 32.7 Å². The maximum Gasteiger partial charge on any atom is 0.142 e. The molecule has 0 N–H and O–H groups in total. The highest BCUT2D eigenvalue weighted by atomic mass is 16.5. The number of hydrogen-bond donors (Lipinski definition) is 0. The fourth-order valence-electron chi connectivity index (χ4n) is 1.85. The van der Waals surface area contributed by atoms with Crippen LogP contribution in [0.2, 0.25) is 0 Å². The summed E-state index contributed by atoms with van der Waals surface area (Å²) >= 11 is 0. The number of ether oxygens (including phenoxy) is 2. The number of benzene rings is 1.